The van der Waals surface area contributed by atoms with Crippen LogP contribution in [0.2, 0.25) is 0 Å². The van der Waals surface area contributed by atoms with Crippen LogP contribution in [0.5, 0.6) is 0 Å². The van der Waals surface area contributed by atoms with Crippen LogP contribution >= 0.6 is 0 Å². The Morgan fingerprint density at radius 1 is 1.20 bits per heavy atom. The van der Waals surface area contributed by atoms with Gasteiger partial charge in [-0.05, 0) is 56.1 Å². The molecule has 4 nitrogen and oxygen atoms in total. The lowest BCUT2D eigenvalue weighted by Gasteiger charge is -2.32. The van der Waals surface area contributed by atoms with Gasteiger partial charge >= 0.3 is 6.18 Å². The van der Waals surface area contributed by atoms with Crippen LogP contribution in [-0.4, -0.2) is 32.1 Å². The van der Waals surface area contributed by atoms with Crippen LogP contribution in [0.3, 0.4) is 0 Å². The number of fused-ring (bicyclic) bond motifs is 4. The third kappa shape index (κ3) is 3.20. The maximum absolute atomic E-state index is 13.4. The molecule has 0 bridgehead atoms. The number of alkyl halides is 3. The molecule has 1 saturated heterocycles. The molecule has 2 aliphatic heterocycles. The van der Waals surface area contributed by atoms with Gasteiger partial charge in [0.15, 0.2) is 0 Å². The van der Waals surface area contributed by atoms with E-state index in [0.29, 0.717) is 23.5 Å². The summed E-state index contributed by atoms with van der Waals surface area (Å²) in [6.07, 6.45) is 1.93. The standard InChI is InChI=1S/C23H24F3N3O/c1-22(30,16-4-2-8-27-12-16)14-29-20-7-6-15(23(24,25)26)10-18(20)19-13-28-9-3-5-17(28)11-21(19)29/h2,4,6-8,10,12,17,30H,3,5,9,11,13-14H2,1H3. The molecule has 0 saturated carbocycles. The molecule has 158 valence electrons. The van der Waals surface area contributed by atoms with Gasteiger partial charge in [0.2, 0.25) is 0 Å². The predicted molar refractivity (Wildman–Crippen MR) is 108 cm³/mol. The number of benzene rings is 1. The lowest BCUT2D eigenvalue weighted by atomic mass is 9.96. The van der Waals surface area contributed by atoms with E-state index in [4.69, 9.17) is 0 Å². The Hall–Kier alpha value is -2.38. The summed E-state index contributed by atoms with van der Waals surface area (Å²) < 4.78 is 42.2. The van der Waals surface area contributed by atoms with Crippen molar-refractivity contribution in [1.29, 1.82) is 0 Å². The van der Waals surface area contributed by atoms with Crippen LogP contribution in [-0.2, 0) is 31.3 Å². The summed E-state index contributed by atoms with van der Waals surface area (Å²) in [5.74, 6) is 0. The summed E-state index contributed by atoms with van der Waals surface area (Å²) in [6.45, 7) is 3.66. The van der Waals surface area contributed by atoms with Crippen molar-refractivity contribution in [1.82, 2.24) is 14.5 Å². The number of pyridine rings is 1. The average molecular weight is 415 g/mol. The molecular weight excluding hydrogens is 391 g/mol. The molecule has 4 heterocycles. The summed E-state index contributed by atoms with van der Waals surface area (Å²) in [5.41, 5.74) is 1.64. The lowest BCUT2D eigenvalue weighted by Crippen LogP contribution is -2.37. The Kier molecular flexibility index (Phi) is 4.45. The van der Waals surface area contributed by atoms with E-state index < -0.39 is 17.3 Å². The average Bonchev–Trinajstić information content (AvgIpc) is 3.29. The van der Waals surface area contributed by atoms with Crippen molar-refractivity contribution in [3.63, 3.8) is 0 Å². The third-order valence-electron chi connectivity index (χ3n) is 6.65. The predicted octanol–water partition coefficient (Wildman–Crippen LogP) is 4.48. The molecule has 0 radical (unpaired) electrons. The second kappa shape index (κ2) is 6.82. The first-order valence-corrected chi connectivity index (χ1v) is 10.3. The summed E-state index contributed by atoms with van der Waals surface area (Å²) in [7, 11) is 0. The largest absolute Gasteiger partial charge is 0.416 e. The highest BCUT2D eigenvalue weighted by atomic mass is 19.4. The monoisotopic (exact) mass is 415 g/mol. The van der Waals surface area contributed by atoms with E-state index in [2.05, 4.69) is 9.88 Å². The van der Waals surface area contributed by atoms with Gasteiger partial charge < -0.3 is 9.67 Å². The van der Waals surface area contributed by atoms with Gasteiger partial charge in [0.1, 0.15) is 5.60 Å². The van der Waals surface area contributed by atoms with E-state index >= 15 is 0 Å². The first-order chi connectivity index (χ1) is 14.2. The van der Waals surface area contributed by atoms with Crippen molar-refractivity contribution in [3.8, 4) is 0 Å². The maximum Gasteiger partial charge on any atom is 0.416 e. The van der Waals surface area contributed by atoms with Crippen LogP contribution in [0.4, 0.5) is 13.2 Å². The fourth-order valence-electron chi connectivity index (χ4n) is 5.08. The van der Waals surface area contributed by atoms with Gasteiger partial charge in [-0.25, -0.2) is 0 Å². The van der Waals surface area contributed by atoms with E-state index in [9.17, 15) is 18.3 Å². The van der Waals surface area contributed by atoms with Crippen molar-refractivity contribution >= 4 is 10.9 Å². The zero-order valence-electron chi connectivity index (χ0n) is 16.8. The van der Waals surface area contributed by atoms with Crippen molar-refractivity contribution in [3.05, 3.63) is 65.1 Å². The molecule has 0 amide bonds. The fraction of sp³-hybridized carbons (Fsp3) is 0.435. The summed E-state index contributed by atoms with van der Waals surface area (Å²) in [6, 6.07) is 8.00. The minimum absolute atomic E-state index is 0.266. The Bertz CT molecular complexity index is 1090. The molecule has 2 aliphatic rings. The Morgan fingerprint density at radius 2 is 2.03 bits per heavy atom. The number of hydrogen-bond donors (Lipinski definition) is 1. The minimum Gasteiger partial charge on any atom is -0.384 e. The number of halogens is 3. The second-order valence-electron chi connectivity index (χ2n) is 8.73. The van der Waals surface area contributed by atoms with Crippen LogP contribution in [0.25, 0.3) is 10.9 Å². The van der Waals surface area contributed by atoms with Gasteiger partial charge in [0.25, 0.3) is 0 Å². The first-order valence-electron chi connectivity index (χ1n) is 10.3. The molecule has 2 unspecified atom stereocenters. The van der Waals surface area contributed by atoms with Gasteiger partial charge in [-0.2, -0.15) is 13.2 Å². The number of rotatable bonds is 3. The zero-order chi connectivity index (χ0) is 21.1. The Balaban J connectivity index is 1.66. The minimum atomic E-state index is -4.38. The lowest BCUT2D eigenvalue weighted by molar-refractivity contribution is -0.137. The molecule has 0 spiro atoms. The van der Waals surface area contributed by atoms with Crippen LogP contribution in [0.15, 0.2) is 42.7 Å². The van der Waals surface area contributed by atoms with Crippen molar-refractivity contribution in [2.75, 3.05) is 6.54 Å². The van der Waals surface area contributed by atoms with Gasteiger partial charge in [-0.15, -0.1) is 0 Å². The Labute approximate surface area is 172 Å². The number of aliphatic hydroxyl groups is 1. The van der Waals surface area contributed by atoms with Crippen molar-refractivity contribution in [2.45, 2.75) is 57.1 Å². The molecular formula is C23H24F3N3O. The molecule has 5 rings (SSSR count). The SMILES string of the molecule is CC(O)(Cn1c2c(c3cc(C(F)(F)F)ccc31)CN1CCCC1C2)c1cccnc1. The van der Waals surface area contributed by atoms with Gasteiger partial charge in [0.05, 0.1) is 12.1 Å². The topological polar surface area (TPSA) is 41.3 Å². The normalized spacial score (nSPS) is 21.4. The summed E-state index contributed by atoms with van der Waals surface area (Å²) >= 11 is 0. The molecule has 1 N–H and O–H groups in total. The summed E-state index contributed by atoms with van der Waals surface area (Å²) in [5, 5.41) is 11.9. The highest BCUT2D eigenvalue weighted by molar-refractivity contribution is 5.87. The van der Waals surface area contributed by atoms with Crippen LogP contribution in [0.1, 0.15) is 42.1 Å². The first kappa shape index (κ1) is 19.6. The van der Waals surface area contributed by atoms with Gasteiger partial charge in [-0.3, -0.25) is 9.88 Å². The van der Waals surface area contributed by atoms with E-state index in [1.54, 1.807) is 31.5 Å². The molecule has 1 aromatic carbocycles. The summed E-state index contributed by atoms with van der Waals surface area (Å²) in [4.78, 5) is 6.49. The van der Waals surface area contributed by atoms with Gasteiger partial charge in [0, 0.05) is 53.6 Å². The second-order valence-corrected chi connectivity index (χ2v) is 8.73. The van der Waals surface area contributed by atoms with Crippen LogP contribution in [0, 0.1) is 0 Å². The quantitative estimate of drug-likeness (QED) is 0.686. The van der Waals surface area contributed by atoms with Crippen molar-refractivity contribution in [2.24, 2.45) is 0 Å². The van der Waals surface area contributed by atoms with E-state index in [-0.39, 0.29) is 6.54 Å². The molecule has 2 aromatic heterocycles. The fourth-order valence-corrected chi connectivity index (χ4v) is 5.08. The highest BCUT2D eigenvalue weighted by Gasteiger charge is 2.37. The maximum atomic E-state index is 13.4. The van der Waals surface area contributed by atoms with E-state index in [1.807, 2.05) is 10.6 Å². The highest BCUT2D eigenvalue weighted by Crippen LogP contribution is 2.40. The molecule has 0 aliphatic carbocycles. The number of nitrogens with zero attached hydrogens (tertiary/aromatic N) is 3. The molecule has 1 fully saturated rings. The van der Waals surface area contributed by atoms with Crippen LogP contribution < -0.4 is 0 Å². The zero-order valence-corrected chi connectivity index (χ0v) is 16.8. The Morgan fingerprint density at radius 3 is 2.77 bits per heavy atom. The number of aromatic nitrogens is 2. The molecule has 3 aromatic rings. The molecule has 30 heavy (non-hydrogen) atoms. The molecule has 2 atom stereocenters. The number of hydrogen-bond acceptors (Lipinski definition) is 3. The van der Waals surface area contributed by atoms with E-state index in [1.165, 1.54) is 6.07 Å². The smallest absolute Gasteiger partial charge is 0.384 e. The molecule has 7 heteroatoms. The van der Waals surface area contributed by atoms with Crippen molar-refractivity contribution < 1.29 is 18.3 Å². The van der Waals surface area contributed by atoms with Gasteiger partial charge in [-0.1, -0.05) is 6.07 Å². The third-order valence-corrected chi connectivity index (χ3v) is 6.65. The van der Waals surface area contributed by atoms with E-state index in [0.717, 1.165) is 48.6 Å².